The highest BCUT2D eigenvalue weighted by molar-refractivity contribution is 14.0. The predicted molar refractivity (Wildman–Crippen MR) is 127 cm³/mol. The molecule has 1 aliphatic rings. The van der Waals surface area contributed by atoms with E-state index in [1.807, 2.05) is 10.7 Å². The normalized spacial score (nSPS) is 16.0. The number of rotatable bonds is 8. The maximum atomic E-state index is 5.14. The molecule has 0 bridgehead atoms. The summed E-state index contributed by atoms with van der Waals surface area (Å²) in [6.45, 7) is 5.75. The summed E-state index contributed by atoms with van der Waals surface area (Å²) in [4.78, 5) is 11.5. The van der Waals surface area contributed by atoms with Crippen LogP contribution >= 0.6 is 24.0 Å². The molecule has 2 heterocycles. The van der Waals surface area contributed by atoms with Gasteiger partial charge >= 0.3 is 0 Å². The number of nitrogens with zero attached hydrogens (tertiary/aromatic N) is 5. The number of nitrogens with one attached hydrogen (secondary N) is 2. The largest absolute Gasteiger partial charge is 0.377 e. The van der Waals surface area contributed by atoms with Crippen molar-refractivity contribution in [3.63, 3.8) is 0 Å². The van der Waals surface area contributed by atoms with Crippen LogP contribution in [0.2, 0.25) is 0 Å². The number of anilines is 1. The molecule has 8 nitrogen and oxygen atoms in total. The van der Waals surface area contributed by atoms with Crippen molar-refractivity contribution < 1.29 is 4.74 Å². The zero-order chi connectivity index (χ0) is 19.8. The van der Waals surface area contributed by atoms with Gasteiger partial charge in [0, 0.05) is 45.4 Å². The highest BCUT2D eigenvalue weighted by Crippen LogP contribution is 2.13. The molecule has 0 saturated heterocycles. The average molecular weight is 513 g/mol. The van der Waals surface area contributed by atoms with Gasteiger partial charge in [-0.25, -0.2) is 9.67 Å². The summed E-state index contributed by atoms with van der Waals surface area (Å²) >= 11 is 0. The predicted octanol–water partition coefficient (Wildman–Crippen LogP) is 2.05. The highest BCUT2D eigenvalue weighted by Gasteiger charge is 2.22. The Labute approximate surface area is 190 Å². The van der Waals surface area contributed by atoms with E-state index < -0.39 is 0 Å². The second-order valence-electron chi connectivity index (χ2n) is 6.96. The third-order valence-corrected chi connectivity index (χ3v) is 4.76. The molecule has 29 heavy (non-hydrogen) atoms. The van der Waals surface area contributed by atoms with E-state index in [1.54, 1.807) is 7.11 Å². The first kappa shape index (κ1) is 23.4. The first-order chi connectivity index (χ1) is 13.7. The van der Waals surface area contributed by atoms with E-state index in [4.69, 9.17) is 9.73 Å². The molecule has 2 N–H and O–H groups in total. The summed E-state index contributed by atoms with van der Waals surface area (Å²) in [5.41, 5.74) is 1.20. The van der Waals surface area contributed by atoms with Gasteiger partial charge in [-0.1, -0.05) is 18.2 Å². The number of hydrogen-bond donors (Lipinski definition) is 2. The van der Waals surface area contributed by atoms with Crippen molar-refractivity contribution in [2.75, 3.05) is 38.7 Å². The van der Waals surface area contributed by atoms with Crippen LogP contribution in [-0.4, -0.2) is 60.6 Å². The molecule has 0 spiro atoms. The average Bonchev–Trinajstić information content (AvgIpc) is 3.10. The Morgan fingerprint density at radius 1 is 1.34 bits per heavy atom. The molecule has 160 valence electrons. The molecule has 1 atom stereocenters. The third-order valence-electron chi connectivity index (χ3n) is 4.76. The topological polar surface area (TPSA) is 79.6 Å². The minimum atomic E-state index is 0. The van der Waals surface area contributed by atoms with Gasteiger partial charge in [0.25, 0.3) is 0 Å². The minimum absolute atomic E-state index is 0. The van der Waals surface area contributed by atoms with Crippen LogP contribution in [0, 0.1) is 0 Å². The van der Waals surface area contributed by atoms with E-state index >= 15 is 0 Å². The van der Waals surface area contributed by atoms with Gasteiger partial charge in [0.2, 0.25) is 0 Å². The lowest BCUT2D eigenvalue weighted by Crippen LogP contribution is -2.47. The van der Waals surface area contributed by atoms with Gasteiger partial charge in [-0.15, -0.1) is 24.0 Å². The second-order valence-corrected chi connectivity index (χ2v) is 6.96. The van der Waals surface area contributed by atoms with Crippen LogP contribution in [-0.2, 0) is 24.3 Å². The quantitative estimate of drug-likeness (QED) is 0.320. The number of benzene rings is 1. The molecule has 0 fully saturated rings. The molecule has 2 aromatic rings. The monoisotopic (exact) mass is 513 g/mol. The number of aromatic nitrogens is 3. The Bertz CT molecular complexity index is 765. The number of methoxy groups -OCH3 is 1. The summed E-state index contributed by atoms with van der Waals surface area (Å²) in [6, 6.07) is 10.7. The van der Waals surface area contributed by atoms with E-state index in [9.17, 15) is 0 Å². The van der Waals surface area contributed by atoms with Crippen molar-refractivity contribution >= 4 is 35.6 Å². The standard InChI is InChI=1S/C20H31N7O.HI/c1-4-21-20(22-12-13-26(2)17-8-6-5-7-9-17)23-16-10-11-19-24-18(15-28-3)25-27(19)14-16;/h5-9,16H,4,10-15H2,1-3H3,(H2,21,22,23);1H. The van der Waals surface area contributed by atoms with Gasteiger partial charge in [-0.3, -0.25) is 4.99 Å². The highest BCUT2D eigenvalue weighted by atomic mass is 127. The molecule has 9 heteroatoms. The van der Waals surface area contributed by atoms with Crippen LogP contribution in [0.4, 0.5) is 5.69 Å². The molecule has 0 radical (unpaired) electrons. The molecule has 0 amide bonds. The molecule has 0 saturated carbocycles. The first-order valence-corrected chi connectivity index (χ1v) is 9.92. The van der Waals surface area contributed by atoms with Crippen molar-refractivity contribution in [3.05, 3.63) is 42.0 Å². The Hall–Kier alpha value is -1.88. The van der Waals surface area contributed by atoms with Gasteiger partial charge in [0.05, 0.1) is 13.1 Å². The second kappa shape index (κ2) is 12.0. The summed E-state index contributed by atoms with van der Waals surface area (Å²) in [6.07, 6.45) is 1.92. The third kappa shape index (κ3) is 6.84. The Kier molecular flexibility index (Phi) is 9.65. The van der Waals surface area contributed by atoms with Gasteiger partial charge in [-0.05, 0) is 25.5 Å². The van der Waals surface area contributed by atoms with E-state index in [-0.39, 0.29) is 30.0 Å². The van der Waals surface area contributed by atoms with Gasteiger partial charge < -0.3 is 20.3 Å². The van der Waals surface area contributed by atoms with Crippen LogP contribution in [0.25, 0.3) is 0 Å². The molecule has 1 unspecified atom stereocenters. The number of ether oxygens (including phenoxy) is 1. The number of hydrogen-bond acceptors (Lipinski definition) is 5. The summed E-state index contributed by atoms with van der Waals surface area (Å²) in [5, 5.41) is 11.4. The van der Waals surface area contributed by atoms with Crippen molar-refractivity contribution in [2.24, 2.45) is 4.99 Å². The fourth-order valence-corrected chi connectivity index (χ4v) is 3.31. The summed E-state index contributed by atoms with van der Waals surface area (Å²) in [7, 11) is 3.76. The van der Waals surface area contributed by atoms with Crippen molar-refractivity contribution in [1.29, 1.82) is 0 Å². The molecule has 1 aliphatic heterocycles. The summed E-state index contributed by atoms with van der Waals surface area (Å²) < 4.78 is 7.13. The number of halogens is 1. The smallest absolute Gasteiger partial charge is 0.191 e. The van der Waals surface area contributed by atoms with Crippen LogP contribution in [0.15, 0.2) is 35.3 Å². The fourth-order valence-electron chi connectivity index (χ4n) is 3.31. The lowest BCUT2D eigenvalue weighted by molar-refractivity contribution is 0.177. The molecule has 1 aromatic heterocycles. The number of likely N-dealkylation sites (N-methyl/N-ethyl adjacent to an activating group) is 1. The van der Waals surface area contributed by atoms with Crippen LogP contribution in [0.1, 0.15) is 25.0 Å². The fraction of sp³-hybridized carbons (Fsp3) is 0.550. The van der Waals surface area contributed by atoms with E-state index in [1.165, 1.54) is 5.69 Å². The number of aryl methyl sites for hydroxylation is 1. The SMILES string of the molecule is CCNC(=NCCN(C)c1ccccc1)NC1CCc2nc(COC)nn2C1.I. The number of aliphatic imine (C=N–C) groups is 1. The lowest BCUT2D eigenvalue weighted by Gasteiger charge is -2.25. The zero-order valence-corrected chi connectivity index (χ0v) is 19.8. The lowest BCUT2D eigenvalue weighted by atomic mass is 10.1. The van der Waals surface area contributed by atoms with Crippen LogP contribution in [0.5, 0.6) is 0 Å². The van der Waals surface area contributed by atoms with Gasteiger partial charge in [0.1, 0.15) is 12.4 Å². The van der Waals surface area contributed by atoms with E-state index in [0.717, 1.165) is 56.6 Å². The number of guanidine groups is 1. The maximum absolute atomic E-state index is 5.14. The van der Waals surface area contributed by atoms with Gasteiger partial charge in [0.15, 0.2) is 11.8 Å². The van der Waals surface area contributed by atoms with E-state index in [0.29, 0.717) is 6.61 Å². The first-order valence-electron chi connectivity index (χ1n) is 9.92. The molecular formula is C20H32IN7O. The number of para-hydroxylation sites is 1. The van der Waals surface area contributed by atoms with Crippen molar-refractivity contribution in [3.8, 4) is 0 Å². The zero-order valence-electron chi connectivity index (χ0n) is 17.5. The van der Waals surface area contributed by atoms with Crippen molar-refractivity contribution in [1.82, 2.24) is 25.4 Å². The molecule has 1 aromatic carbocycles. The molecular weight excluding hydrogens is 481 g/mol. The minimum Gasteiger partial charge on any atom is -0.377 e. The van der Waals surface area contributed by atoms with Crippen LogP contribution < -0.4 is 15.5 Å². The van der Waals surface area contributed by atoms with Crippen molar-refractivity contribution in [2.45, 2.75) is 39.0 Å². The number of fused-ring (bicyclic) bond motifs is 1. The maximum Gasteiger partial charge on any atom is 0.191 e. The van der Waals surface area contributed by atoms with E-state index in [2.05, 4.69) is 63.9 Å². The Morgan fingerprint density at radius 2 is 2.14 bits per heavy atom. The Morgan fingerprint density at radius 3 is 2.86 bits per heavy atom. The van der Waals surface area contributed by atoms with Crippen LogP contribution in [0.3, 0.4) is 0 Å². The molecule has 3 rings (SSSR count). The Balaban J connectivity index is 0.00000300. The summed E-state index contributed by atoms with van der Waals surface area (Å²) in [5.74, 6) is 2.65. The molecule has 0 aliphatic carbocycles. The van der Waals surface area contributed by atoms with Gasteiger partial charge in [-0.2, -0.15) is 5.10 Å².